The average molecular weight is 556 g/mol. The van der Waals surface area contributed by atoms with Gasteiger partial charge in [-0.3, -0.25) is 19.3 Å². The molecular formula is C28H33N3O9. The van der Waals surface area contributed by atoms with Gasteiger partial charge in [0.1, 0.15) is 22.8 Å². The SMILES string of the molecule is CCOC(=O)/C=C/c1cc(N(C)C)c2c(c1O)C(O)=C1C(=O)[C@@]3(O)C(O)=C(C(N)=O)C(=O)[C@H](N(C)C)[C@H]3C[C@H]1C2. The van der Waals surface area contributed by atoms with Gasteiger partial charge in [-0.05, 0) is 57.5 Å². The number of nitrogens with two attached hydrogens (primary N) is 1. The van der Waals surface area contributed by atoms with Crippen LogP contribution in [-0.4, -0.2) is 95.2 Å². The molecule has 1 saturated carbocycles. The lowest BCUT2D eigenvalue weighted by molar-refractivity contribution is -0.153. The van der Waals surface area contributed by atoms with Crippen LogP contribution in [0.1, 0.15) is 30.0 Å². The summed E-state index contributed by atoms with van der Waals surface area (Å²) < 4.78 is 4.89. The third-order valence-corrected chi connectivity index (χ3v) is 7.89. The minimum absolute atomic E-state index is 0.0100. The molecule has 3 aliphatic rings. The predicted molar refractivity (Wildman–Crippen MR) is 144 cm³/mol. The van der Waals surface area contributed by atoms with E-state index in [-0.39, 0.29) is 36.1 Å². The number of anilines is 1. The molecule has 0 aliphatic heterocycles. The van der Waals surface area contributed by atoms with E-state index in [0.717, 1.165) is 6.08 Å². The number of carbonyl (C=O) groups excluding carboxylic acids is 4. The third kappa shape index (κ3) is 4.14. The number of carbonyl (C=O) groups is 4. The number of ketones is 2. The summed E-state index contributed by atoms with van der Waals surface area (Å²) in [5.41, 5.74) is 2.72. The molecule has 4 atom stereocenters. The van der Waals surface area contributed by atoms with E-state index < -0.39 is 69.8 Å². The number of hydrogen-bond donors (Lipinski definition) is 5. The number of benzene rings is 1. The number of amides is 1. The van der Waals surface area contributed by atoms with E-state index in [0.29, 0.717) is 11.3 Å². The molecule has 0 unspecified atom stereocenters. The monoisotopic (exact) mass is 555 g/mol. The molecule has 12 nitrogen and oxygen atoms in total. The van der Waals surface area contributed by atoms with Gasteiger partial charge in [-0.2, -0.15) is 0 Å². The zero-order chi connectivity index (χ0) is 29.8. The molecule has 4 rings (SSSR count). The van der Waals surface area contributed by atoms with Crippen molar-refractivity contribution in [2.24, 2.45) is 17.6 Å². The van der Waals surface area contributed by atoms with Gasteiger partial charge in [0.25, 0.3) is 5.91 Å². The van der Waals surface area contributed by atoms with E-state index in [2.05, 4.69) is 0 Å². The number of nitrogens with zero attached hydrogens (tertiary/aromatic N) is 2. The van der Waals surface area contributed by atoms with E-state index in [1.54, 1.807) is 46.1 Å². The lowest BCUT2D eigenvalue weighted by Crippen LogP contribution is -2.65. The van der Waals surface area contributed by atoms with Crippen molar-refractivity contribution in [1.82, 2.24) is 4.90 Å². The first-order valence-corrected chi connectivity index (χ1v) is 12.7. The second kappa shape index (κ2) is 10.1. The van der Waals surface area contributed by atoms with Crippen molar-refractivity contribution >= 4 is 41.0 Å². The molecule has 6 N–H and O–H groups in total. The molecule has 1 aromatic rings. The molecule has 0 spiro atoms. The fourth-order valence-corrected chi connectivity index (χ4v) is 6.19. The Bertz CT molecular complexity index is 1420. The van der Waals surface area contributed by atoms with Crippen LogP contribution in [-0.2, 0) is 30.3 Å². The number of phenolic OH excluding ortho intramolecular Hbond substituents is 1. The van der Waals surface area contributed by atoms with Crippen molar-refractivity contribution in [3.8, 4) is 5.75 Å². The molecule has 0 heterocycles. The van der Waals surface area contributed by atoms with Crippen LogP contribution in [0.3, 0.4) is 0 Å². The van der Waals surface area contributed by atoms with Crippen LogP contribution in [0, 0.1) is 11.8 Å². The van der Waals surface area contributed by atoms with Gasteiger partial charge in [0, 0.05) is 42.9 Å². The number of primary amides is 1. The second-order valence-corrected chi connectivity index (χ2v) is 10.6. The Kier molecular flexibility index (Phi) is 7.28. The Morgan fingerprint density at radius 2 is 1.82 bits per heavy atom. The number of fused-ring (bicyclic) bond motifs is 3. The second-order valence-electron chi connectivity index (χ2n) is 10.6. The molecule has 0 aromatic heterocycles. The van der Waals surface area contributed by atoms with E-state index in [9.17, 15) is 39.6 Å². The zero-order valence-electron chi connectivity index (χ0n) is 22.9. The van der Waals surface area contributed by atoms with Gasteiger partial charge in [-0.25, -0.2) is 4.79 Å². The molecule has 3 aliphatic carbocycles. The van der Waals surface area contributed by atoms with E-state index in [1.165, 1.54) is 11.0 Å². The van der Waals surface area contributed by atoms with Gasteiger partial charge in [0.15, 0.2) is 11.4 Å². The molecular weight excluding hydrogens is 522 g/mol. The Balaban J connectivity index is 1.96. The summed E-state index contributed by atoms with van der Waals surface area (Å²) >= 11 is 0. The van der Waals surface area contributed by atoms with Gasteiger partial charge in [-0.15, -0.1) is 0 Å². The van der Waals surface area contributed by atoms with Gasteiger partial charge in [0.2, 0.25) is 5.78 Å². The molecule has 214 valence electrons. The molecule has 40 heavy (non-hydrogen) atoms. The summed E-state index contributed by atoms with van der Waals surface area (Å²) in [5.74, 6) is -7.85. The number of Topliss-reactive ketones (excluding diaryl/α,β-unsaturated/α-hetero) is 2. The van der Waals surface area contributed by atoms with Crippen molar-refractivity contribution in [3.63, 3.8) is 0 Å². The molecule has 1 aromatic carbocycles. The lowest BCUT2D eigenvalue weighted by Gasteiger charge is -2.50. The van der Waals surface area contributed by atoms with E-state index in [4.69, 9.17) is 10.5 Å². The van der Waals surface area contributed by atoms with Crippen LogP contribution in [0.4, 0.5) is 5.69 Å². The highest BCUT2D eigenvalue weighted by molar-refractivity contribution is 6.24. The van der Waals surface area contributed by atoms with E-state index in [1.807, 2.05) is 0 Å². The van der Waals surface area contributed by atoms with Crippen molar-refractivity contribution in [2.75, 3.05) is 39.7 Å². The minimum Gasteiger partial charge on any atom is -0.508 e. The van der Waals surface area contributed by atoms with Crippen molar-refractivity contribution in [1.29, 1.82) is 0 Å². The normalized spacial score (nSPS) is 26.1. The number of aliphatic hydroxyl groups excluding tert-OH is 2. The Morgan fingerprint density at radius 1 is 1.18 bits per heavy atom. The maximum Gasteiger partial charge on any atom is 0.330 e. The molecule has 0 bridgehead atoms. The highest BCUT2D eigenvalue weighted by Gasteiger charge is 2.64. The van der Waals surface area contributed by atoms with Crippen LogP contribution in [0.15, 0.2) is 29.0 Å². The number of esters is 1. The fourth-order valence-electron chi connectivity index (χ4n) is 6.19. The average Bonchev–Trinajstić information content (AvgIpc) is 2.85. The number of aliphatic hydroxyl groups is 3. The van der Waals surface area contributed by atoms with Gasteiger partial charge in [-0.1, -0.05) is 0 Å². The summed E-state index contributed by atoms with van der Waals surface area (Å²) in [5, 5.41) is 45.3. The van der Waals surface area contributed by atoms with Gasteiger partial charge >= 0.3 is 5.97 Å². The van der Waals surface area contributed by atoms with Crippen LogP contribution < -0.4 is 10.6 Å². The summed E-state index contributed by atoms with van der Waals surface area (Å²) in [4.78, 5) is 54.4. The predicted octanol–water partition coefficient (Wildman–Crippen LogP) is 0.606. The minimum atomic E-state index is -2.72. The van der Waals surface area contributed by atoms with E-state index >= 15 is 0 Å². The van der Waals surface area contributed by atoms with Crippen molar-refractivity contribution in [2.45, 2.75) is 31.4 Å². The molecule has 0 saturated heterocycles. The first-order chi connectivity index (χ1) is 18.7. The van der Waals surface area contributed by atoms with Crippen molar-refractivity contribution in [3.05, 3.63) is 45.7 Å². The number of phenols is 1. The zero-order valence-corrected chi connectivity index (χ0v) is 22.9. The number of likely N-dealkylation sites (N-methyl/N-ethyl adjacent to an activating group) is 1. The van der Waals surface area contributed by atoms with Gasteiger partial charge < -0.3 is 35.8 Å². The molecule has 0 radical (unpaired) electrons. The van der Waals surface area contributed by atoms with Gasteiger partial charge in [0.05, 0.1) is 18.2 Å². The summed E-state index contributed by atoms with van der Waals surface area (Å²) in [7, 11) is 6.59. The summed E-state index contributed by atoms with van der Waals surface area (Å²) in [6, 6.07) is 0.471. The number of hydrogen-bond acceptors (Lipinski definition) is 11. The first kappa shape index (κ1) is 28.8. The Morgan fingerprint density at radius 3 is 2.38 bits per heavy atom. The molecule has 1 fully saturated rings. The maximum atomic E-state index is 14.0. The summed E-state index contributed by atoms with van der Waals surface area (Å²) in [6.07, 6.45) is 2.58. The molecule has 12 heteroatoms. The first-order valence-electron chi connectivity index (χ1n) is 12.7. The largest absolute Gasteiger partial charge is 0.508 e. The quantitative estimate of drug-likeness (QED) is 0.188. The number of ether oxygens (including phenoxy) is 1. The van der Waals surface area contributed by atoms with Crippen LogP contribution in [0.5, 0.6) is 5.75 Å². The third-order valence-electron chi connectivity index (χ3n) is 7.89. The fraction of sp³-hybridized carbons (Fsp3) is 0.429. The van der Waals surface area contributed by atoms with Crippen LogP contribution >= 0.6 is 0 Å². The molecule has 1 amide bonds. The van der Waals surface area contributed by atoms with Crippen LogP contribution in [0.25, 0.3) is 11.8 Å². The van der Waals surface area contributed by atoms with Crippen molar-refractivity contribution < 1.29 is 44.3 Å². The highest BCUT2D eigenvalue weighted by atomic mass is 16.5. The van der Waals surface area contributed by atoms with Crippen LogP contribution in [0.2, 0.25) is 0 Å². The maximum absolute atomic E-state index is 14.0. The standard InChI is InChI=1S/C28H33N3O9/c1-6-40-17(32)8-7-12-11-16(30(2)3)14-9-13-10-15-21(31(4)5)24(35)20(27(29)38)26(37)28(15,39)25(36)18(13)23(34)19(14)22(12)33/h7-8,11,13,15,21,33-34,37,39H,6,9-10H2,1-5H3,(H2,29,38)/b8-7+/t13-,15-,21-,28-/m1/s1. The smallest absolute Gasteiger partial charge is 0.330 e. The lowest BCUT2D eigenvalue weighted by atomic mass is 9.57. The highest BCUT2D eigenvalue weighted by Crippen LogP contribution is 2.54. The topological polar surface area (TPSA) is 191 Å². The number of rotatable bonds is 6. The Labute approximate surface area is 230 Å². The number of aromatic hydroxyl groups is 1. The summed E-state index contributed by atoms with van der Waals surface area (Å²) in [6.45, 7) is 1.80. The Hall–Kier alpha value is -4.16.